The molecule has 1 saturated heterocycles. The Hall–Kier alpha value is -0.160. The highest BCUT2D eigenvalue weighted by Crippen LogP contribution is 2.18. The van der Waals surface area contributed by atoms with Gasteiger partial charge in [0.05, 0.1) is 12.2 Å². The molecule has 0 aliphatic carbocycles. The molecule has 0 amide bonds. The second-order valence-electron chi connectivity index (χ2n) is 4.15. The molecule has 3 N–H and O–H groups in total. The van der Waals surface area contributed by atoms with Gasteiger partial charge in [0.1, 0.15) is 0 Å². The summed E-state index contributed by atoms with van der Waals surface area (Å²) in [5, 5.41) is 0. The van der Waals surface area contributed by atoms with Crippen molar-refractivity contribution < 1.29 is 9.47 Å². The maximum absolute atomic E-state index is 5.58. The summed E-state index contributed by atoms with van der Waals surface area (Å²) in [4.78, 5) is 0. The third-order valence-corrected chi connectivity index (χ3v) is 3.03. The summed E-state index contributed by atoms with van der Waals surface area (Å²) in [6.45, 7) is 5.72. The summed E-state index contributed by atoms with van der Waals surface area (Å²) in [5.74, 6) is 5.52. The Morgan fingerprint density at radius 2 is 2.40 bits per heavy atom. The molecule has 0 bridgehead atoms. The zero-order chi connectivity index (χ0) is 11.1. The number of nitrogens with two attached hydrogens (primary N) is 1. The zero-order valence-electron chi connectivity index (χ0n) is 9.87. The van der Waals surface area contributed by atoms with Gasteiger partial charge in [-0.15, -0.1) is 0 Å². The first-order valence-corrected chi connectivity index (χ1v) is 5.97. The van der Waals surface area contributed by atoms with E-state index < -0.39 is 0 Å². The summed E-state index contributed by atoms with van der Waals surface area (Å²) >= 11 is 0. The first kappa shape index (κ1) is 12.9. The number of rotatable bonds is 7. The quantitative estimate of drug-likeness (QED) is 0.496. The zero-order valence-corrected chi connectivity index (χ0v) is 9.87. The molecule has 3 atom stereocenters. The lowest BCUT2D eigenvalue weighted by Gasteiger charge is -2.24. The molecular formula is C11H24N2O2. The van der Waals surface area contributed by atoms with Crippen LogP contribution < -0.4 is 11.3 Å². The van der Waals surface area contributed by atoms with Gasteiger partial charge in [0.2, 0.25) is 0 Å². The second kappa shape index (κ2) is 7.17. The normalized spacial score (nSPS) is 25.4. The van der Waals surface area contributed by atoms with E-state index >= 15 is 0 Å². The molecule has 3 unspecified atom stereocenters. The molecular weight excluding hydrogens is 192 g/mol. The molecule has 90 valence electrons. The molecule has 0 spiro atoms. The van der Waals surface area contributed by atoms with Crippen LogP contribution in [-0.4, -0.2) is 31.5 Å². The van der Waals surface area contributed by atoms with Crippen molar-refractivity contribution in [3.05, 3.63) is 0 Å². The van der Waals surface area contributed by atoms with Crippen LogP contribution in [0, 0.1) is 0 Å². The van der Waals surface area contributed by atoms with Crippen LogP contribution in [0.3, 0.4) is 0 Å². The third kappa shape index (κ3) is 4.47. The Bertz CT molecular complexity index is 161. The van der Waals surface area contributed by atoms with E-state index in [1.807, 2.05) is 6.92 Å². The number of hydrogen-bond donors (Lipinski definition) is 2. The minimum absolute atomic E-state index is 0.168. The Morgan fingerprint density at radius 3 is 2.93 bits per heavy atom. The SMILES string of the molecule is CCOC(C)C(CCC1CCCO1)NN. The number of nitrogens with one attached hydrogen (secondary N) is 1. The lowest BCUT2D eigenvalue weighted by molar-refractivity contribution is 0.0370. The summed E-state index contributed by atoms with van der Waals surface area (Å²) in [6, 6.07) is 0.231. The molecule has 1 heterocycles. The van der Waals surface area contributed by atoms with Crippen LogP contribution in [0.5, 0.6) is 0 Å². The van der Waals surface area contributed by atoms with Gasteiger partial charge in [-0.25, -0.2) is 0 Å². The Morgan fingerprint density at radius 1 is 1.60 bits per heavy atom. The highest BCUT2D eigenvalue weighted by atomic mass is 16.5. The molecule has 0 radical (unpaired) electrons. The molecule has 1 rings (SSSR count). The highest BCUT2D eigenvalue weighted by Gasteiger charge is 2.20. The molecule has 15 heavy (non-hydrogen) atoms. The lowest BCUT2D eigenvalue weighted by atomic mass is 10.0. The van der Waals surface area contributed by atoms with Crippen molar-refractivity contribution in [1.82, 2.24) is 5.43 Å². The second-order valence-corrected chi connectivity index (χ2v) is 4.15. The predicted molar refractivity (Wildman–Crippen MR) is 60.4 cm³/mol. The third-order valence-electron chi connectivity index (χ3n) is 3.03. The fraction of sp³-hybridized carbons (Fsp3) is 1.00. The molecule has 1 fully saturated rings. The Balaban J connectivity index is 2.19. The van der Waals surface area contributed by atoms with Crippen molar-refractivity contribution in [3.8, 4) is 0 Å². The molecule has 1 aliphatic rings. The van der Waals surface area contributed by atoms with Crippen molar-refractivity contribution in [2.45, 2.75) is 57.8 Å². The van der Waals surface area contributed by atoms with Crippen LogP contribution in [0.4, 0.5) is 0 Å². The van der Waals surface area contributed by atoms with E-state index in [2.05, 4.69) is 12.3 Å². The van der Waals surface area contributed by atoms with Gasteiger partial charge in [-0.05, 0) is 39.5 Å². The molecule has 0 aromatic heterocycles. The molecule has 0 aromatic rings. The van der Waals surface area contributed by atoms with Gasteiger partial charge in [-0.1, -0.05) is 0 Å². The van der Waals surface area contributed by atoms with Crippen LogP contribution in [0.2, 0.25) is 0 Å². The van der Waals surface area contributed by atoms with Crippen molar-refractivity contribution in [3.63, 3.8) is 0 Å². The minimum atomic E-state index is 0.168. The average molecular weight is 216 g/mol. The van der Waals surface area contributed by atoms with Crippen LogP contribution in [0.1, 0.15) is 39.5 Å². The average Bonchev–Trinajstić information content (AvgIpc) is 2.72. The maximum atomic E-state index is 5.58. The molecule has 1 aliphatic heterocycles. The maximum Gasteiger partial charge on any atom is 0.0713 e. The van der Waals surface area contributed by atoms with Gasteiger partial charge in [-0.2, -0.15) is 0 Å². The smallest absolute Gasteiger partial charge is 0.0713 e. The fourth-order valence-corrected chi connectivity index (χ4v) is 2.07. The van der Waals surface area contributed by atoms with E-state index in [0.717, 1.165) is 26.1 Å². The first-order chi connectivity index (χ1) is 7.27. The number of ether oxygens (including phenoxy) is 2. The van der Waals surface area contributed by atoms with Crippen molar-refractivity contribution in [2.75, 3.05) is 13.2 Å². The summed E-state index contributed by atoms with van der Waals surface area (Å²) in [6.07, 6.45) is 5.09. The summed E-state index contributed by atoms with van der Waals surface area (Å²) < 4.78 is 11.1. The highest BCUT2D eigenvalue weighted by molar-refractivity contribution is 4.75. The monoisotopic (exact) mass is 216 g/mol. The molecule has 0 saturated carbocycles. The lowest BCUT2D eigenvalue weighted by Crippen LogP contribution is -2.44. The van der Waals surface area contributed by atoms with E-state index in [4.69, 9.17) is 15.3 Å². The van der Waals surface area contributed by atoms with E-state index in [1.54, 1.807) is 0 Å². The van der Waals surface area contributed by atoms with Gasteiger partial charge in [0.15, 0.2) is 0 Å². The molecule has 4 heteroatoms. The van der Waals surface area contributed by atoms with Crippen LogP contribution in [0.25, 0.3) is 0 Å². The molecule has 4 nitrogen and oxygen atoms in total. The van der Waals surface area contributed by atoms with E-state index in [0.29, 0.717) is 6.10 Å². The number of hydrazine groups is 1. The van der Waals surface area contributed by atoms with Crippen LogP contribution >= 0.6 is 0 Å². The van der Waals surface area contributed by atoms with Gasteiger partial charge in [0.25, 0.3) is 0 Å². The topological polar surface area (TPSA) is 56.5 Å². The minimum Gasteiger partial charge on any atom is -0.378 e. The van der Waals surface area contributed by atoms with E-state index in [-0.39, 0.29) is 12.1 Å². The van der Waals surface area contributed by atoms with Crippen molar-refractivity contribution in [2.24, 2.45) is 5.84 Å². The van der Waals surface area contributed by atoms with Crippen molar-refractivity contribution >= 4 is 0 Å². The summed E-state index contributed by atoms with van der Waals surface area (Å²) in [7, 11) is 0. The Kier molecular flexibility index (Phi) is 6.17. The largest absolute Gasteiger partial charge is 0.378 e. The van der Waals surface area contributed by atoms with Crippen LogP contribution in [-0.2, 0) is 9.47 Å². The van der Waals surface area contributed by atoms with E-state index in [9.17, 15) is 0 Å². The van der Waals surface area contributed by atoms with Crippen molar-refractivity contribution in [1.29, 1.82) is 0 Å². The van der Waals surface area contributed by atoms with Gasteiger partial charge < -0.3 is 9.47 Å². The predicted octanol–water partition coefficient (Wildman–Crippen LogP) is 1.20. The van der Waals surface area contributed by atoms with E-state index in [1.165, 1.54) is 12.8 Å². The van der Waals surface area contributed by atoms with Crippen LogP contribution in [0.15, 0.2) is 0 Å². The standard InChI is InChI=1S/C11H24N2O2/c1-3-14-9(2)11(13-12)7-6-10-5-4-8-15-10/h9-11,13H,3-8,12H2,1-2H3. The van der Waals surface area contributed by atoms with Gasteiger partial charge in [0, 0.05) is 19.3 Å². The first-order valence-electron chi connectivity index (χ1n) is 5.97. The van der Waals surface area contributed by atoms with Gasteiger partial charge >= 0.3 is 0 Å². The fourth-order valence-electron chi connectivity index (χ4n) is 2.07. The summed E-state index contributed by atoms with van der Waals surface area (Å²) in [5.41, 5.74) is 2.83. The number of hydrogen-bond acceptors (Lipinski definition) is 4. The Labute approximate surface area is 92.5 Å². The molecule has 0 aromatic carbocycles. The van der Waals surface area contributed by atoms with Gasteiger partial charge in [-0.3, -0.25) is 11.3 Å².